The third kappa shape index (κ3) is 4.05. The largest absolute Gasteiger partial charge is 0.271 e. The Balaban J connectivity index is 2.09. The molecule has 1 aromatic carbocycles. The Kier molecular flexibility index (Phi) is 4.97. The molecule has 0 unspecified atom stereocenters. The molecule has 0 saturated heterocycles. The summed E-state index contributed by atoms with van der Waals surface area (Å²) in [7, 11) is 0. The van der Waals surface area contributed by atoms with Crippen molar-refractivity contribution in [2.75, 3.05) is 0 Å². The normalized spacial score (nSPS) is 20.0. The molecule has 21 heavy (non-hydrogen) atoms. The van der Waals surface area contributed by atoms with Crippen molar-refractivity contribution in [3.63, 3.8) is 0 Å². The molecule has 3 nitrogen and oxygen atoms in total. The van der Waals surface area contributed by atoms with Crippen LogP contribution >= 0.6 is 11.6 Å². The fraction of sp³-hybridized carbons (Fsp3) is 0.294. The molecular formula is C17H19ClN2O. The molecule has 1 N–H and O–H groups in total. The van der Waals surface area contributed by atoms with Gasteiger partial charge in [-0.15, -0.1) is 0 Å². The lowest BCUT2D eigenvalue weighted by Crippen LogP contribution is -2.23. The van der Waals surface area contributed by atoms with E-state index in [9.17, 15) is 4.79 Å². The SMILES string of the molecule is C=C(C)[C@@H]1CC=C(C)/C(=N\NC(=O)c2cccc(Cl)c2)C1. The highest BCUT2D eigenvalue weighted by Crippen LogP contribution is 2.26. The number of carbonyl (C=O) groups is 1. The summed E-state index contributed by atoms with van der Waals surface area (Å²) < 4.78 is 0. The highest BCUT2D eigenvalue weighted by Gasteiger charge is 2.18. The Morgan fingerprint density at radius 1 is 1.48 bits per heavy atom. The molecule has 0 spiro atoms. The molecule has 110 valence electrons. The van der Waals surface area contributed by atoms with Gasteiger partial charge in [-0.1, -0.05) is 35.9 Å². The second-order valence-corrected chi connectivity index (χ2v) is 5.82. The Bertz CT molecular complexity index is 631. The van der Waals surface area contributed by atoms with Crippen LogP contribution in [0.1, 0.15) is 37.0 Å². The van der Waals surface area contributed by atoms with Gasteiger partial charge in [0.1, 0.15) is 0 Å². The van der Waals surface area contributed by atoms with Gasteiger partial charge >= 0.3 is 0 Å². The Hall–Kier alpha value is -1.87. The summed E-state index contributed by atoms with van der Waals surface area (Å²) >= 11 is 5.88. The Labute approximate surface area is 130 Å². The van der Waals surface area contributed by atoms with Crippen LogP contribution in [0.4, 0.5) is 0 Å². The molecule has 0 bridgehead atoms. The van der Waals surface area contributed by atoms with Gasteiger partial charge in [0.15, 0.2) is 0 Å². The molecule has 0 saturated carbocycles. The van der Waals surface area contributed by atoms with E-state index in [1.807, 2.05) is 13.8 Å². The number of hydrogen-bond acceptors (Lipinski definition) is 2. The van der Waals surface area contributed by atoms with Crippen molar-refractivity contribution in [1.82, 2.24) is 5.43 Å². The summed E-state index contributed by atoms with van der Waals surface area (Å²) in [6.07, 6.45) is 3.95. The monoisotopic (exact) mass is 302 g/mol. The number of nitrogens with one attached hydrogen (secondary N) is 1. The first-order valence-electron chi connectivity index (χ1n) is 6.92. The standard InChI is InChI=1S/C17H19ClN2O/c1-11(2)13-8-7-12(3)16(10-13)19-20-17(21)14-5-4-6-15(18)9-14/h4-7,9,13H,1,8,10H2,2-3H3,(H,20,21)/b19-16-/t13-/m1/s1. The van der Waals surface area contributed by atoms with Crippen molar-refractivity contribution >= 4 is 23.2 Å². The van der Waals surface area contributed by atoms with Gasteiger partial charge in [-0.3, -0.25) is 4.79 Å². The molecule has 2 rings (SSSR count). The minimum absolute atomic E-state index is 0.254. The van der Waals surface area contributed by atoms with Crippen LogP contribution < -0.4 is 5.43 Å². The molecule has 1 aliphatic rings. The second-order valence-electron chi connectivity index (χ2n) is 5.38. The number of hydrogen-bond donors (Lipinski definition) is 1. The number of halogens is 1. The van der Waals surface area contributed by atoms with Gasteiger partial charge in [-0.05, 0) is 56.4 Å². The number of amides is 1. The summed E-state index contributed by atoms with van der Waals surface area (Å²) in [4.78, 5) is 12.0. The van der Waals surface area contributed by atoms with Crippen molar-refractivity contribution in [1.29, 1.82) is 0 Å². The predicted octanol–water partition coefficient (Wildman–Crippen LogP) is 4.36. The van der Waals surface area contributed by atoms with Gasteiger partial charge in [0, 0.05) is 10.6 Å². The first kappa shape index (κ1) is 15.5. The molecule has 0 radical (unpaired) electrons. The van der Waals surface area contributed by atoms with E-state index in [4.69, 9.17) is 11.6 Å². The second kappa shape index (κ2) is 6.72. The van der Waals surface area contributed by atoms with E-state index >= 15 is 0 Å². The molecule has 0 fully saturated rings. The Morgan fingerprint density at radius 2 is 2.24 bits per heavy atom. The third-order valence-electron chi connectivity index (χ3n) is 3.68. The topological polar surface area (TPSA) is 41.5 Å². The first-order chi connectivity index (χ1) is 9.97. The summed E-state index contributed by atoms with van der Waals surface area (Å²) in [5.41, 5.74) is 6.27. The van der Waals surface area contributed by atoms with Crippen LogP contribution in [0.25, 0.3) is 0 Å². The third-order valence-corrected chi connectivity index (χ3v) is 3.91. The van der Waals surface area contributed by atoms with Crippen LogP contribution in [-0.4, -0.2) is 11.6 Å². The summed E-state index contributed by atoms with van der Waals surface area (Å²) in [5, 5.41) is 4.80. The van der Waals surface area contributed by atoms with E-state index in [2.05, 4.69) is 23.2 Å². The molecule has 0 aromatic heterocycles. The molecule has 0 aliphatic heterocycles. The van der Waals surface area contributed by atoms with Crippen molar-refractivity contribution in [3.8, 4) is 0 Å². The van der Waals surface area contributed by atoms with Crippen molar-refractivity contribution in [2.45, 2.75) is 26.7 Å². The first-order valence-corrected chi connectivity index (χ1v) is 7.30. The van der Waals surface area contributed by atoms with E-state index in [0.29, 0.717) is 16.5 Å². The van der Waals surface area contributed by atoms with Crippen LogP contribution in [-0.2, 0) is 0 Å². The molecule has 1 amide bonds. The van der Waals surface area contributed by atoms with Gasteiger partial charge in [0.2, 0.25) is 0 Å². The quantitative estimate of drug-likeness (QED) is 0.654. The lowest BCUT2D eigenvalue weighted by Gasteiger charge is -2.22. The van der Waals surface area contributed by atoms with E-state index in [1.165, 1.54) is 0 Å². The number of carbonyl (C=O) groups excluding carboxylic acids is 1. The van der Waals surface area contributed by atoms with E-state index in [-0.39, 0.29) is 5.91 Å². The van der Waals surface area contributed by atoms with Crippen LogP contribution in [0.5, 0.6) is 0 Å². The van der Waals surface area contributed by atoms with Crippen LogP contribution in [0, 0.1) is 5.92 Å². The van der Waals surface area contributed by atoms with E-state index in [1.54, 1.807) is 24.3 Å². The molecule has 1 aromatic rings. The molecular weight excluding hydrogens is 284 g/mol. The fourth-order valence-corrected chi connectivity index (χ4v) is 2.43. The molecule has 4 heteroatoms. The van der Waals surface area contributed by atoms with Gasteiger partial charge < -0.3 is 0 Å². The smallest absolute Gasteiger partial charge is 0.267 e. The lowest BCUT2D eigenvalue weighted by atomic mass is 9.85. The van der Waals surface area contributed by atoms with Crippen molar-refractivity contribution < 1.29 is 4.79 Å². The summed E-state index contributed by atoms with van der Waals surface area (Å²) in [6.45, 7) is 8.05. The predicted molar refractivity (Wildman–Crippen MR) is 87.6 cm³/mol. The van der Waals surface area contributed by atoms with Gasteiger partial charge in [-0.2, -0.15) is 5.10 Å². The highest BCUT2D eigenvalue weighted by atomic mass is 35.5. The maximum atomic E-state index is 12.0. The lowest BCUT2D eigenvalue weighted by molar-refractivity contribution is 0.0954. The maximum Gasteiger partial charge on any atom is 0.271 e. The molecule has 0 heterocycles. The minimum Gasteiger partial charge on any atom is -0.267 e. The number of hydrazone groups is 1. The van der Waals surface area contributed by atoms with Gasteiger partial charge in [0.05, 0.1) is 5.71 Å². The number of allylic oxidation sites excluding steroid dienone is 3. The summed E-state index contributed by atoms with van der Waals surface area (Å²) in [5.74, 6) is 0.144. The molecule has 1 atom stereocenters. The highest BCUT2D eigenvalue weighted by molar-refractivity contribution is 6.30. The van der Waals surface area contributed by atoms with Gasteiger partial charge in [0.25, 0.3) is 5.91 Å². The number of nitrogens with zero attached hydrogens (tertiary/aromatic N) is 1. The average Bonchev–Trinajstić information content (AvgIpc) is 2.45. The van der Waals surface area contributed by atoms with Crippen LogP contribution in [0.2, 0.25) is 5.02 Å². The minimum atomic E-state index is -0.254. The number of rotatable bonds is 3. The Morgan fingerprint density at radius 3 is 2.90 bits per heavy atom. The van der Waals surface area contributed by atoms with Crippen molar-refractivity contribution in [3.05, 3.63) is 58.7 Å². The van der Waals surface area contributed by atoms with Gasteiger partial charge in [-0.25, -0.2) is 5.43 Å². The zero-order valence-electron chi connectivity index (χ0n) is 12.3. The van der Waals surface area contributed by atoms with Crippen LogP contribution in [0.15, 0.2) is 53.2 Å². The van der Waals surface area contributed by atoms with E-state index < -0.39 is 0 Å². The zero-order valence-corrected chi connectivity index (χ0v) is 13.1. The van der Waals surface area contributed by atoms with E-state index in [0.717, 1.165) is 29.7 Å². The van der Waals surface area contributed by atoms with Crippen LogP contribution in [0.3, 0.4) is 0 Å². The molecule has 1 aliphatic carbocycles. The van der Waals surface area contributed by atoms with Crippen molar-refractivity contribution in [2.24, 2.45) is 11.0 Å². The summed E-state index contributed by atoms with van der Waals surface area (Å²) in [6, 6.07) is 6.81. The fourth-order valence-electron chi connectivity index (χ4n) is 2.24. The zero-order chi connectivity index (χ0) is 15.4. The maximum absolute atomic E-state index is 12.0. The number of benzene rings is 1. The average molecular weight is 303 g/mol.